The molecule has 1 aromatic rings. The van der Waals surface area contributed by atoms with Gasteiger partial charge in [0.05, 0.1) is 16.1 Å². The van der Waals surface area contributed by atoms with E-state index in [2.05, 4.69) is 0 Å². The van der Waals surface area contributed by atoms with Crippen LogP contribution in [0.1, 0.15) is 28.1 Å². The molecule has 86 valence electrons. The van der Waals surface area contributed by atoms with Crippen molar-refractivity contribution in [1.29, 1.82) is 0 Å². The van der Waals surface area contributed by atoms with Crippen LogP contribution in [-0.2, 0) is 0 Å². The summed E-state index contributed by atoms with van der Waals surface area (Å²) in [6, 6.07) is 3.09. The van der Waals surface area contributed by atoms with Crippen LogP contribution in [0, 0.1) is 10.1 Å². The molecule has 16 heavy (non-hydrogen) atoms. The molecule has 2 amide bonds. The number of carbonyl (C=O) groups is 2. The van der Waals surface area contributed by atoms with Gasteiger partial charge < -0.3 is 11.5 Å². The quantitative estimate of drug-likeness (QED) is 0.570. The second-order valence-corrected chi connectivity index (χ2v) is 2.72. The molecule has 0 aliphatic rings. The summed E-state index contributed by atoms with van der Waals surface area (Å²) in [5, 5.41) is 10.4. The molecule has 0 saturated heterocycles. The molecule has 0 aliphatic heterocycles. The van der Waals surface area contributed by atoms with Crippen LogP contribution in [0.4, 0.5) is 5.69 Å². The highest BCUT2D eigenvalue weighted by Gasteiger charge is 2.17. The zero-order valence-corrected chi connectivity index (χ0v) is 7.47. The van der Waals surface area contributed by atoms with E-state index in [1.165, 1.54) is 0 Å². The Kier molecular flexibility index (Phi) is 4.13. The van der Waals surface area contributed by atoms with Crippen LogP contribution in [0.5, 0.6) is 0 Å². The minimum atomic E-state index is -0.937. The third-order valence-electron chi connectivity index (χ3n) is 1.74. The number of nitrogens with two attached hydrogens (primary N) is 2. The molecule has 0 saturated carbocycles. The number of benzene rings is 1. The number of amides is 2. The molecule has 0 spiro atoms. The number of primary amides is 2. The van der Waals surface area contributed by atoms with Crippen molar-refractivity contribution < 1.29 is 14.5 Å². The number of nitro benzene ring substituents is 1. The molecule has 0 bridgehead atoms. The molecule has 0 aromatic heterocycles. The van der Waals surface area contributed by atoms with E-state index in [0.29, 0.717) is 0 Å². The van der Waals surface area contributed by atoms with Gasteiger partial charge in [-0.25, -0.2) is 0 Å². The normalized spacial score (nSPS) is 9.00. The second-order valence-electron chi connectivity index (χ2n) is 2.72. The van der Waals surface area contributed by atoms with E-state index in [0.717, 1.165) is 18.2 Å². The maximum absolute atomic E-state index is 10.9. The highest BCUT2D eigenvalue weighted by molar-refractivity contribution is 6.06. The standard InChI is InChI=1S/C8H7N3O4.CH4/c9-7(12)5-2-1-4(11(14)15)3-6(5)8(10)13;/h1-3H,(H2,9,12)(H2,10,13);1H4. The van der Waals surface area contributed by atoms with Crippen molar-refractivity contribution in [3.8, 4) is 0 Å². The van der Waals surface area contributed by atoms with Gasteiger partial charge >= 0.3 is 0 Å². The van der Waals surface area contributed by atoms with Crippen LogP contribution in [0.2, 0.25) is 0 Å². The largest absolute Gasteiger partial charge is 0.366 e. The minimum absolute atomic E-state index is 0. The Bertz CT molecular complexity index is 456. The summed E-state index contributed by atoms with van der Waals surface area (Å²) in [6.07, 6.45) is 0. The van der Waals surface area contributed by atoms with Crippen molar-refractivity contribution in [1.82, 2.24) is 0 Å². The summed E-state index contributed by atoms with van der Waals surface area (Å²) in [5.41, 5.74) is 9.20. The Hall–Kier alpha value is -2.44. The van der Waals surface area contributed by atoms with E-state index in [1.807, 2.05) is 0 Å². The van der Waals surface area contributed by atoms with E-state index in [9.17, 15) is 19.7 Å². The van der Waals surface area contributed by atoms with Gasteiger partial charge in [-0.3, -0.25) is 19.7 Å². The summed E-state index contributed by atoms with van der Waals surface area (Å²) in [4.78, 5) is 31.4. The van der Waals surface area contributed by atoms with Crippen LogP contribution < -0.4 is 11.5 Å². The Morgan fingerprint density at radius 3 is 2.00 bits per heavy atom. The average molecular weight is 225 g/mol. The fourth-order valence-electron chi connectivity index (χ4n) is 1.06. The van der Waals surface area contributed by atoms with E-state index < -0.39 is 16.7 Å². The lowest BCUT2D eigenvalue weighted by atomic mass is 10.1. The molecule has 0 aliphatic carbocycles. The van der Waals surface area contributed by atoms with Gasteiger partial charge in [0, 0.05) is 12.1 Å². The lowest BCUT2D eigenvalue weighted by molar-refractivity contribution is -0.384. The molecule has 0 fully saturated rings. The molecule has 1 aromatic carbocycles. The van der Waals surface area contributed by atoms with Crippen molar-refractivity contribution in [2.45, 2.75) is 7.43 Å². The number of carbonyl (C=O) groups excluding carboxylic acids is 2. The SMILES string of the molecule is C.NC(=O)c1ccc([N+](=O)[O-])cc1C(N)=O. The van der Waals surface area contributed by atoms with E-state index in [1.54, 1.807) is 0 Å². The molecule has 0 heterocycles. The fourth-order valence-corrected chi connectivity index (χ4v) is 1.06. The Labute approximate surface area is 91.2 Å². The van der Waals surface area contributed by atoms with Gasteiger partial charge in [-0.1, -0.05) is 7.43 Å². The van der Waals surface area contributed by atoms with Crippen molar-refractivity contribution in [2.24, 2.45) is 11.5 Å². The smallest absolute Gasteiger partial charge is 0.270 e. The molecule has 7 nitrogen and oxygen atoms in total. The first-order valence-electron chi connectivity index (χ1n) is 3.81. The highest BCUT2D eigenvalue weighted by atomic mass is 16.6. The van der Waals surface area contributed by atoms with Crippen molar-refractivity contribution in [3.63, 3.8) is 0 Å². The van der Waals surface area contributed by atoms with Crippen LogP contribution in [-0.4, -0.2) is 16.7 Å². The maximum atomic E-state index is 10.9. The number of non-ortho nitro benzene ring substituents is 1. The van der Waals surface area contributed by atoms with Crippen molar-refractivity contribution in [3.05, 3.63) is 39.4 Å². The second kappa shape index (κ2) is 4.87. The van der Waals surface area contributed by atoms with Crippen LogP contribution >= 0.6 is 0 Å². The predicted octanol–water partition coefficient (Wildman–Crippen LogP) is 0.429. The summed E-state index contributed by atoms with van der Waals surface area (Å²) < 4.78 is 0. The number of hydrogen-bond acceptors (Lipinski definition) is 4. The topological polar surface area (TPSA) is 129 Å². The third kappa shape index (κ3) is 2.53. The summed E-state index contributed by atoms with van der Waals surface area (Å²) in [6.45, 7) is 0. The van der Waals surface area contributed by atoms with Gasteiger partial charge in [0.1, 0.15) is 0 Å². The van der Waals surface area contributed by atoms with Crippen LogP contribution in [0.25, 0.3) is 0 Å². The third-order valence-corrected chi connectivity index (χ3v) is 1.74. The van der Waals surface area contributed by atoms with Gasteiger partial charge in [-0.15, -0.1) is 0 Å². The van der Waals surface area contributed by atoms with Gasteiger partial charge in [0.2, 0.25) is 11.8 Å². The average Bonchev–Trinajstić information content (AvgIpc) is 2.16. The Morgan fingerprint density at radius 2 is 1.62 bits per heavy atom. The van der Waals surface area contributed by atoms with E-state index >= 15 is 0 Å². The van der Waals surface area contributed by atoms with Crippen molar-refractivity contribution >= 4 is 17.5 Å². The lowest BCUT2D eigenvalue weighted by Crippen LogP contribution is -2.20. The first-order valence-corrected chi connectivity index (χ1v) is 3.81. The molecule has 0 radical (unpaired) electrons. The summed E-state index contributed by atoms with van der Waals surface area (Å²) >= 11 is 0. The predicted molar refractivity (Wildman–Crippen MR) is 56.9 cm³/mol. The van der Waals surface area contributed by atoms with Gasteiger partial charge in [-0.05, 0) is 6.07 Å². The van der Waals surface area contributed by atoms with Gasteiger partial charge in [-0.2, -0.15) is 0 Å². The molecule has 0 atom stereocenters. The summed E-state index contributed by atoms with van der Waals surface area (Å²) in [7, 11) is 0. The highest BCUT2D eigenvalue weighted by Crippen LogP contribution is 2.17. The maximum Gasteiger partial charge on any atom is 0.270 e. The van der Waals surface area contributed by atoms with E-state index in [4.69, 9.17) is 11.5 Å². The molecule has 4 N–H and O–H groups in total. The van der Waals surface area contributed by atoms with Gasteiger partial charge in [0.15, 0.2) is 0 Å². The summed E-state index contributed by atoms with van der Waals surface area (Å²) in [5.74, 6) is -1.80. The zero-order valence-electron chi connectivity index (χ0n) is 7.47. The monoisotopic (exact) mass is 225 g/mol. The zero-order chi connectivity index (χ0) is 11.6. The molecular formula is C9H11N3O4. The lowest BCUT2D eigenvalue weighted by Gasteiger charge is -2.01. The van der Waals surface area contributed by atoms with Crippen LogP contribution in [0.3, 0.4) is 0 Å². The number of hydrogen-bond donors (Lipinski definition) is 2. The Morgan fingerprint density at radius 1 is 1.12 bits per heavy atom. The first-order chi connectivity index (χ1) is 6.93. The number of nitro groups is 1. The fraction of sp³-hybridized carbons (Fsp3) is 0.111. The van der Waals surface area contributed by atoms with Crippen LogP contribution in [0.15, 0.2) is 18.2 Å². The number of nitrogens with zero attached hydrogens (tertiary/aromatic N) is 1. The molecular weight excluding hydrogens is 214 g/mol. The van der Waals surface area contributed by atoms with E-state index in [-0.39, 0.29) is 24.2 Å². The molecule has 0 unspecified atom stereocenters. The molecule has 7 heteroatoms. The van der Waals surface area contributed by atoms with Crippen molar-refractivity contribution in [2.75, 3.05) is 0 Å². The Balaban J connectivity index is 0.00000225. The van der Waals surface area contributed by atoms with Gasteiger partial charge in [0.25, 0.3) is 5.69 Å². The molecule has 1 rings (SSSR count). The number of rotatable bonds is 3. The minimum Gasteiger partial charge on any atom is -0.366 e. The first kappa shape index (κ1) is 13.6.